The Morgan fingerprint density at radius 2 is 1.17 bits per heavy atom. The maximum Gasteiger partial charge on any atom is 0.333 e. The number of fused-ring (bicyclic) bond motifs is 15. The Labute approximate surface area is 384 Å². The molecule has 0 unspecified atom stereocenters. The van der Waals surface area contributed by atoms with Crippen molar-refractivity contribution < 1.29 is 4.42 Å². The molecule has 4 heterocycles. The van der Waals surface area contributed by atoms with E-state index in [2.05, 4.69) is 208 Å². The molecule has 4 aliphatic rings. The molecule has 0 radical (unpaired) electrons. The quantitative estimate of drug-likeness (QED) is 0.154. The first-order valence-electron chi connectivity index (χ1n) is 24.1. The second kappa shape index (κ2) is 12.3. The maximum absolute atomic E-state index is 6.61. The number of hydrogen-bond donors (Lipinski definition) is 0. The summed E-state index contributed by atoms with van der Waals surface area (Å²) in [5, 5.41) is 4.88. The molecule has 65 heavy (non-hydrogen) atoms. The Bertz CT molecular complexity index is 3600. The first-order valence-corrected chi connectivity index (χ1v) is 24.1. The van der Waals surface area contributed by atoms with Gasteiger partial charge in [0.1, 0.15) is 11.2 Å². The Balaban J connectivity index is 1.16. The zero-order valence-electron chi connectivity index (χ0n) is 40.3. The summed E-state index contributed by atoms with van der Waals surface area (Å²) in [4.78, 5) is 2.73. The average Bonchev–Trinajstić information content (AvgIpc) is 3.86. The molecule has 9 aromatic rings. The predicted octanol–water partition coefficient (Wildman–Crippen LogP) is 15.2. The zero-order chi connectivity index (χ0) is 45.1. The van der Waals surface area contributed by atoms with Gasteiger partial charge in [-0.2, -0.15) is 0 Å². The highest BCUT2D eigenvalue weighted by molar-refractivity contribution is 6.93. The van der Waals surface area contributed by atoms with Crippen molar-refractivity contribution in [2.45, 2.75) is 123 Å². The van der Waals surface area contributed by atoms with Crippen molar-refractivity contribution in [1.82, 2.24) is 4.57 Å². The fourth-order valence-corrected chi connectivity index (χ4v) is 12.8. The Hall–Kier alpha value is -6.00. The largest absolute Gasteiger partial charge is 0.456 e. The molecule has 0 fully saturated rings. The highest BCUT2D eigenvalue weighted by Gasteiger charge is 2.48. The van der Waals surface area contributed by atoms with E-state index in [4.69, 9.17) is 4.42 Å². The SMILES string of the molecule is CC(C)(C)c1ccc(N2B3c4cc(C(C)(C)C)ccc4-n4c5cc6oc7ccccc7c6cc5c5ccc(c3c54)-c3cc4c(cc32)C(C)(C)c2cc3c(cc2-4)C(C)(C)CCC3(C)C)cc1. The summed E-state index contributed by atoms with van der Waals surface area (Å²) >= 11 is 0. The van der Waals surface area contributed by atoms with Crippen molar-refractivity contribution in [1.29, 1.82) is 0 Å². The van der Waals surface area contributed by atoms with Crippen LogP contribution in [0, 0.1) is 0 Å². The minimum absolute atomic E-state index is 0.0337. The first-order chi connectivity index (χ1) is 30.7. The third kappa shape index (κ3) is 5.15. The van der Waals surface area contributed by atoms with Crippen LogP contribution in [0.2, 0.25) is 0 Å². The van der Waals surface area contributed by atoms with Crippen LogP contribution in [0.25, 0.3) is 71.7 Å². The summed E-state index contributed by atoms with van der Waals surface area (Å²) in [7, 11) is 0. The molecule has 0 saturated heterocycles. The number of aromatic nitrogens is 1. The third-order valence-electron chi connectivity index (χ3n) is 16.8. The van der Waals surface area contributed by atoms with Gasteiger partial charge in [-0.3, -0.25) is 0 Å². The number of rotatable bonds is 1. The summed E-state index contributed by atoms with van der Waals surface area (Å²) in [5.41, 5.74) is 25.0. The predicted molar refractivity (Wildman–Crippen MR) is 277 cm³/mol. The van der Waals surface area contributed by atoms with Crippen LogP contribution in [0.3, 0.4) is 0 Å². The molecule has 0 saturated carbocycles. The molecular formula is C61H59BN2O. The lowest BCUT2D eigenvalue weighted by atomic mass is 9.43. The van der Waals surface area contributed by atoms with Crippen LogP contribution in [0.5, 0.6) is 0 Å². The average molecular weight is 847 g/mol. The second-order valence-electron chi connectivity index (χ2n) is 24.1. The fourth-order valence-electron chi connectivity index (χ4n) is 12.8. The van der Waals surface area contributed by atoms with Crippen LogP contribution in [-0.4, -0.2) is 11.4 Å². The number of furan rings is 1. The van der Waals surface area contributed by atoms with Crippen molar-refractivity contribution in [3.63, 3.8) is 0 Å². The second-order valence-corrected chi connectivity index (χ2v) is 24.1. The highest BCUT2D eigenvalue weighted by atomic mass is 16.3. The summed E-state index contributed by atoms with van der Waals surface area (Å²) in [6.45, 7) is 28.7. The molecule has 2 aliphatic heterocycles. The lowest BCUT2D eigenvalue weighted by molar-refractivity contribution is 0.331. The summed E-state index contributed by atoms with van der Waals surface area (Å²) in [6.07, 6.45) is 2.41. The van der Waals surface area contributed by atoms with Gasteiger partial charge in [-0.05, 0) is 144 Å². The third-order valence-corrected chi connectivity index (χ3v) is 16.8. The van der Waals surface area contributed by atoms with Gasteiger partial charge < -0.3 is 13.8 Å². The normalized spacial score (nSPS) is 17.4. The van der Waals surface area contributed by atoms with Gasteiger partial charge in [0, 0.05) is 55.7 Å². The number of anilines is 2. The van der Waals surface area contributed by atoms with Gasteiger partial charge in [-0.25, -0.2) is 0 Å². The molecule has 0 N–H and O–H groups in total. The molecule has 2 aliphatic carbocycles. The van der Waals surface area contributed by atoms with Gasteiger partial charge in [0.25, 0.3) is 0 Å². The molecule has 0 atom stereocenters. The van der Waals surface area contributed by atoms with Gasteiger partial charge in [0.15, 0.2) is 0 Å². The van der Waals surface area contributed by atoms with E-state index in [-0.39, 0.29) is 33.9 Å². The molecule has 3 nitrogen and oxygen atoms in total. The van der Waals surface area contributed by atoms with E-state index in [0.717, 1.165) is 16.6 Å². The monoisotopic (exact) mass is 846 g/mol. The molecule has 4 heteroatoms. The lowest BCUT2D eigenvalue weighted by Gasteiger charge is -2.43. The molecule has 13 rings (SSSR count). The van der Waals surface area contributed by atoms with E-state index in [0.29, 0.717) is 0 Å². The standard InChI is InChI=1S/C61H59BN2O/c1-57(2,3)34-17-20-36(21-18-34)64-52-32-46-40(41-30-47-48(31-45(41)61(46,11)12)60(9,10)26-25-59(47,7)8)28-42(52)38-22-23-39-43-29-44-37-15-13-14-16-53(37)65-54(44)33-51(43)63-50-24-19-35(58(4,5)6)27-49(50)62(64)55(38)56(39)63/h13-24,27-33H,25-26H2,1-12H3. The topological polar surface area (TPSA) is 21.3 Å². The van der Waals surface area contributed by atoms with Crippen molar-refractivity contribution in [3.05, 3.63) is 149 Å². The van der Waals surface area contributed by atoms with E-state index in [1.807, 2.05) is 0 Å². The first kappa shape index (κ1) is 39.4. The van der Waals surface area contributed by atoms with E-state index in [1.54, 1.807) is 0 Å². The highest BCUT2D eigenvalue weighted by Crippen LogP contribution is 2.58. The van der Waals surface area contributed by atoms with Gasteiger partial charge in [-0.15, -0.1) is 0 Å². The lowest BCUT2D eigenvalue weighted by Crippen LogP contribution is -2.60. The van der Waals surface area contributed by atoms with Crippen molar-refractivity contribution in [2.24, 2.45) is 0 Å². The number of nitrogens with zero attached hydrogens (tertiary/aromatic N) is 2. The van der Waals surface area contributed by atoms with Gasteiger partial charge in [-0.1, -0.05) is 144 Å². The van der Waals surface area contributed by atoms with E-state index in [9.17, 15) is 0 Å². The van der Waals surface area contributed by atoms with E-state index < -0.39 is 0 Å². The van der Waals surface area contributed by atoms with Crippen molar-refractivity contribution in [2.75, 3.05) is 4.81 Å². The van der Waals surface area contributed by atoms with Gasteiger partial charge in [0.05, 0.1) is 11.0 Å². The maximum atomic E-state index is 6.61. The molecular weight excluding hydrogens is 787 g/mol. The Morgan fingerprint density at radius 1 is 0.508 bits per heavy atom. The fraction of sp³-hybridized carbons (Fsp3) is 0.311. The van der Waals surface area contributed by atoms with E-state index in [1.165, 1.54) is 124 Å². The molecule has 2 aromatic heterocycles. The minimum Gasteiger partial charge on any atom is -0.456 e. The van der Waals surface area contributed by atoms with Crippen LogP contribution in [0.1, 0.15) is 129 Å². The molecule has 0 bridgehead atoms. The van der Waals surface area contributed by atoms with Crippen LogP contribution < -0.4 is 15.7 Å². The van der Waals surface area contributed by atoms with Crippen LogP contribution >= 0.6 is 0 Å². The molecule has 322 valence electrons. The number of benzene rings is 7. The Morgan fingerprint density at radius 3 is 1.89 bits per heavy atom. The van der Waals surface area contributed by atoms with Gasteiger partial charge in [0.2, 0.25) is 0 Å². The molecule has 0 spiro atoms. The number of hydrogen-bond acceptors (Lipinski definition) is 2. The summed E-state index contributed by atoms with van der Waals surface area (Å²) < 4.78 is 9.20. The summed E-state index contributed by atoms with van der Waals surface area (Å²) in [5.74, 6) is 0. The molecule has 0 amide bonds. The van der Waals surface area contributed by atoms with Crippen molar-refractivity contribution in [3.8, 4) is 27.9 Å². The minimum atomic E-state index is -0.171. The van der Waals surface area contributed by atoms with Crippen LogP contribution in [0.4, 0.5) is 11.4 Å². The van der Waals surface area contributed by atoms with Gasteiger partial charge >= 0.3 is 6.85 Å². The number of para-hydroxylation sites is 1. The van der Waals surface area contributed by atoms with Crippen LogP contribution in [-0.2, 0) is 27.1 Å². The van der Waals surface area contributed by atoms with Crippen molar-refractivity contribution >= 4 is 72.9 Å². The summed E-state index contributed by atoms with van der Waals surface area (Å²) in [6, 6.07) is 45.4. The van der Waals surface area contributed by atoms with Crippen LogP contribution in [0.15, 0.2) is 120 Å². The Kier molecular flexibility index (Phi) is 7.43. The zero-order valence-corrected chi connectivity index (χ0v) is 40.3. The smallest absolute Gasteiger partial charge is 0.333 e. The molecule has 7 aromatic carbocycles. The van der Waals surface area contributed by atoms with E-state index >= 15 is 0 Å².